The van der Waals surface area contributed by atoms with Crippen LogP contribution in [0.15, 0.2) is 66.7 Å². The number of hydrogen-bond donors (Lipinski definition) is 0. The molecule has 0 radical (unpaired) electrons. The Bertz CT molecular complexity index is 979. The first-order valence-electron chi connectivity index (χ1n) is 11.2. The second-order valence-electron chi connectivity index (χ2n) is 8.40. The molecule has 0 amide bonds. The van der Waals surface area contributed by atoms with Gasteiger partial charge in [0.2, 0.25) is 0 Å². The van der Waals surface area contributed by atoms with Crippen LogP contribution < -0.4 is 18.9 Å². The number of methoxy groups -OCH3 is 1. The molecule has 0 aliphatic heterocycles. The molecule has 170 valence electrons. The van der Waals surface area contributed by atoms with Gasteiger partial charge in [-0.2, -0.15) is 0 Å². The average molecular weight is 435 g/mol. The first-order valence-corrected chi connectivity index (χ1v) is 11.2. The van der Waals surface area contributed by atoms with E-state index < -0.39 is 0 Å². The van der Waals surface area contributed by atoms with Gasteiger partial charge in [0.1, 0.15) is 29.1 Å². The van der Waals surface area contributed by atoms with Crippen molar-refractivity contribution < 1.29 is 18.9 Å². The van der Waals surface area contributed by atoms with Gasteiger partial charge in [-0.25, -0.2) is 0 Å². The highest BCUT2D eigenvalue weighted by atomic mass is 16.5. The van der Waals surface area contributed by atoms with Crippen molar-refractivity contribution in [2.75, 3.05) is 20.3 Å². The molecular formula is C28H34O4. The summed E-state index contributed by atoms with van der Waals surface area (Å²) in [6, 6.07) is 22.0. The van der Waals surface area contributed by atoms with Crippen LogP contribution >= 0.6 is 0 Å². The molecule has 0 bridgehead atoms. The minimum atomic E-state index is -0.0798. The van der Waals surface area contributed by atoms with Crippen LogP contribution in [0.4, 0.5) is 0 Å². The molecule has 0 heterocycles. The monoisotopic (exact) mass is 434 g/mol. The molecule has 3 aromatic rings. The summed E-state index contributed by atoms with van der Waals surface area (Å²) < 4.78 is 23.2. The lowest BCUT2D eigenvalue weighted by atomic mass is 10.1. The summed E-state index contributed by atoms with van der Waals surface area (Å²) in [4.78, 5) is 0. The van der Waals surface area contributed by atoms with Crippen molar-refractivity contribution in [3.63, 3.8) is 0 Å². The van der Waals surface area contributed by atoms with Crippen molar-refractivity contribution >= 4 is 0 Å². The summed E-state index contributed by atoms with van der Waals surface area (Å²) in [5, 5.41) is 0. The maximum atomic E-state index is 6.13. The summed E-state index contributed by atoms with van der Waals surface area (Å²) in [6.45, 7) is 9.73. The van der Waals surface area contributed by atoms with E-state index in [1.165, 1.54) is 11.1 Å². The summed E-state index contributed by atoms with van der Waals surface area (Å²) >= 11 is 0. The Morgan fingerprint density at radius 2 is 1.47 bits per heavy atom. The molecule has 0 spiro atoms. The Morgan fingerprint density at radius 3 is 2.19 bits per heavy atom. The maximum Gasteiger partial charge on any atom is 0.123 e. The van der Waals surface area contributed by atoms with E-state index in [-0.39, 0.29) is 6.10 Å². The Kier molecular flexibility index (Phi) is 8.43. The molecule has 0 saturated heterocycles. The van der Waals surface area contributed by atoms with E-state index in [1.54, 1.807) is 7.11 Å². The summed E-state index contributed by atoms with van der Waals surface area (Å²) in [5.74, 6) is 3.84. The van der Waals surface area contributed by atoms with Crippen LogP contribution in [0.2, 0.25) is 0 Å². The summed E-state index contributed by atoms with van der Waals surface area (Å²) in [5.41, 5.74) is 3.58. The zero-order valence-corrected chi connectivity index (χ0v) is 19.8. The highest BCUT2D eigenvalue weighted by Crippen LogP contribution is 2.27. The smallest absolute Gasteiger partial charge is 0.123 e. The Hall–Kier alpha value is -3.14. The third-order valence-electron chi connectivity index (χ3n) is 5.25. The van der Waals surface area contributed by atoms with Crippen molar-refractivity contribution in [3.05, 3.63) is 83.4 Å². The van der Waals surface area contributed by atoms with Crippen LogP contribution in [0.1, 0.15) is 43.6 Å². The number of hydrogen-bond acceptors (Lipinski definition) is 4. The van der Waals surface area contributed by atoms with Gasteiger partial charge in [0.25, 0.3) is 0 Å². The summed E-state index contributed by atoms with van der Waals surface area (Å²) in [7, 11) is 1.69. The van der Waals surface area contributed by atoms with Crippen LogP contribution in [0.3, 0.4) is 0 Å². The minimum absolute atomic E-state index is 0.0798. The van der Waals surface area contributed by atoms with Crippen LogP contribution in [0.5, 0.6) is 23.0 Å². The van der Waals surface area contributed by atoms with Gasteiger partial charge in [-0.05, 0) is 72.9 Å². The molecule has 0 N–H and O–H groups in total. The first kappa shape index (κ1) is 23.5. The third-order valence-corrected chi connectivity index (χ3v) is 5.25. The van der Waals surface area contributed by atoms with E-state index in [9.17, 15) is 0 Å². The van der Waals surface area contributed by atoms with Crippen LogP contribution in [-0.2, 0) is 6.42 Å². The van der Waals surface area contributed by atoms with E-state index in [4.69, 9.17) is 18.9 Å². The van der Waals surface area contributed by atoms with Crippen LogP contribution in [-0.4, -0.2) is 20.3 Å². The second-order valence-corrected chi connectivity index (χ2v) is 8.40. The number of ether oxygens (including phenoxy) is 4. The molecule has 0 aromatic heterocycles. The normalized spacial score (nSPS) is 11.8. The molecule has 4 heteroatoms. The second kappa shape index (κ2) is 11.5. The number of benzene rings is 3. The van der Waals surface area contributed by atoms with Crippen LogP contribution in [0.25, 0.3) is 0 Å². The van der Waals surface area contributed by atoms with Gasteiger partial charge in [0.05, 0.1) is 20.3 Å². The number of aryl methyl sites for hydroxylation is 1. The topological polar surface area (TPSA) is 36.9 Å². The molecule has 4 nitrogen and oxygen atoms in total. The Balaban J connectivity index is 1.52. The largest absolute Gasteiger partial charge is 0.497 e. The highest BCUT2D eigenvalue weighted by molar-refractivity contribution is 5.36. The third kappa shape index (κ3) is 6.94. The van der Waals surface area contributed by atoms with Gasteiger partial charge >= 0.3 is 0 Å². The SMILES string of the molecule is COc1ccc(C)c(CCOc2ccc(C(C)Oc3cccc(OCC(C)C)c3)cc2)c1. The standard InChI is InChI=1S/C28H34O4/c1-20(2)19-31-27-7-6-8-28(18-27)32-22(4)23-10-13-25(14-11-23)30-16-15-24-17-26(29-5)12-9-21(24)3/h6-14,17-18,20,22H,15-16,19H2,1-5H3. The van der Waals surface area contributed by atoms with Gasteiger partial charge in [-0.3, -0.25) is 0 Å². The van der Waals surface area contributed by atoms with Crippen molar-refractivity contribution in [1.29, 1.82) is 0 Å². The zero-order valence-electron chi connectivity index (χ0n) is 19.8. The fourth-order valence-corrected chi connectivity index (χ4v) is 3.33. The molecule has 0 aliphatic rings. The molecule has 3 rings (SSSR count). The Morgan fingerprint density at radius 1 is 0.750 bits per heavy atom. The predicted octanol–water partition coefficient (Wildman–Crippen LogP) is 6.80. The van der Waals surface area contributed by atoms with E-state index >= 15 is 0 Å². The predicted molar refractivity (Wildman–Crippen MR) is 129 cm³/mol. The molecule has 1 atom stereocenters. The van der Waals surface area contributed by atoms with E-state index in [2.05, 4.69) is 45.0 Å². The van der Waals surface area contributed by atoms with E-state index in [0.717, 1.165) is 35.0 Å². The van der Waals surface area contributed by atoms with Crippen molar-refractivity contribution in [2.45, 2.75) is 40.2 Å². The van der Waals surface area contributed by atoms with Gasteiger partial charge in [0, 0.05) is 12.5 Å². The lowest BCUT2D eigenvalue weighted by Crippen LogP contribution is -2.06. The summed E-state index contributed by atoms with van der Waals surface area (Å²) in [6.07, 6.45) is 0.753. The van der Waals surface area contributed by atoms with Crippen molar-refractivity contribution in [3.8, 4) is 23.0 Å². The van der Waals surface area contributed by atoms with Gasteiger partial charge < -0.3 is 18.9 Å². The lowest BCUT2D eigenvalue weighted by Gasteiger charge is -2.17. The molecule has 0 aliphatic carbocycles. The minimum Gasteiger partial charge on any atom is -0.497 e. The lowest BCUT2D eigenvalue weighted by molar-refractivity contribution is 0.223. The molecule has 0 saturated carbocycles. The molecule has 1 unspecified atom stereocenters. The highest BCUT2D eigenvalue weighted by Gasteiger charge is 2.09. The van der Waals surface area contributed by atoms with E-state index in [0.29, 0.717) is 19.1 Å². The first-order chi connectivity index (χ1) is 15.4. The molecule has 32 heavy (non-hydrogen) atoms. The average Bonchev–Trinajstić information content (AvgIpc) is 2.79. The molecule has 0 fully saturated rings. The maximum absolute atomic E-state index is 6.13. The van der Waals surface area contributed by atoms with Crippen LogP contribution in [0, 0.1) is 12.8 Å². The number of rotatable bonds is 11. The van der Waals surface area contributed by atoms with Crippen molar-refractivity contribution in [2.24, 2.45) is 5.92 Å². The van der Waals surface area contributed by atoms with Gasteiger partial charge in [-0.15, -0.1) is 0 Å². The zero-order chi connectivity index (χ0) is 22.9. The van der Waals surface area contributed by atoms with Gasteiger partial charge in [0.15, 0.2) is 0 Å². The molecule has 3 aromatic carbocycles. The Labute approximate surface area is 192 Å². The fraction of sp³-hybridized carbons (Fsp3) is 0.357. The van der Waals surface area contributed by atoms with Gasteiger partial charge in [-0.1, -0.05) is 38.1 Å². The molecular weight excluding hydrogens is 400 g/mol. The van der Waals surface area contributed by atoms with Crippen molar-refractivity contribution in [1.82, 2.24) is 0 Å². The fourth-order valence-electron chi connectivity index (χ4n) is 3.33. The quantitative estimate of drug-likeness (QED) is 0.333. The van der Waals surface area contributed by atoms with E-state index in [1.807, 2.05) is 49.4 Å².